The SMILES string of the molecule is O=C(NN=CC1CCCCC1)c1ccccn1. The van der Waals surface area contributed by atoms with E-state index in [1.807, 2.05) is 6.21 Å². The Morgan fingerprint density at radius 2 is 2.18 bits per heavy atom. The van der Waals surface area contributed by atoms with E-state index in [1.165, 1.54) is 32.1 Å². The fourth-order valence-electron chi connectivity index (χ4n) is 2.04. The number of hydrazone groups is 1. The Morgan fingerprint density at radius 3 is 2.88 bits per heavy atom. The van der Waals surface area contributed by atoms with Gasteiger partial charge < -0.3 is 0 Å². The molecule has 4 heteroatoms. The molecule has 0 bridgehead atoms. The van der Waals surface area contributed by atoms with E-state index in [0.29, 0.717) is 11.6 Å². The summed E-state index contributed by atoms with van der Waals surface area (Å²) in [5.41, 5.74) is 2.91. The Labute approximate surface area is 101 Å². The lowest BCUT2D eigenvalue weighted by molar-refractivity contribution is 0.0950. The molecule has 1 saturated carbocycles. The van der Waals surface area contributed by atoms with E-state index in [2.05, 4.69) is 15.5 Å². The van der Waals surface area contributed by atoms with Crippen LogP contribution in [-0.4, -0.2) is 17.1 Å². The zero-order valence-corrected chi connectivity index (χ0v) is 9.80. The Balaban J connectivity index is 1.81. The summed E-state index contributed by atoms with van der Waals surface area (Å²) in [6, 6.07) is 5.24. The Kier molecular flexibility index (Phi) is 4.24. The number of aromatic nitrogens is 1. The third-order valence-electron chi connectivity index (χ3n) is 3.00. The minimum absolute atomic E-state index is 0.252. The number of hydrogen-bond acceptors (Lipinski definition) is 3. The van der Waals surface area contributed by atoms with Gasteiger partial charge in [0.05, 0.1) is 0 Å². The first-order chi connectivity index (χ1) is 8.36. The highest BCUT2D eigenvalue weighted by Crippen LogP contribution is 2.21. The molecule has 1 amide bonds. The van der Waals surface area contributed by atoms with Gasteiger partial charge in [0.25, 0.3) is 5.91 Å². The molecule has 17 heavy (non-hydrogen) atoms. The van der Waals surface area contributed by atoms with Crippen LogP contribution >= 0.6 is 0 Å². The van der Waals surface area contributed by atoms with E-state index in [0.717, 1.165) is 0 Å². The Hall–Kier alpha value is -1.71. The Morgan fingerprint density at radius 1 is 1.35 bits per heavy atom. The Bertz CT molecular complexity index is 383. The van der Waals surface area contributed by atoms with E-state index in [4.69, 9.17) is 0 Å². The molecule has 1 aromatic heterocycles. The first-order valence-corrected chi connectivity index (χ1v) is 6.11. The van der Waals surface area contributed by atoms with Gasteiger partial charge in [0.2, 0.25) is 0 Å². The summed E-state index contributed by atoms with van der Waals surface area (Å²) in [4.78, 5) is 15.6. The van der Waals surface area contributed by atoms with Crippen molar-refractivity contribution < 1.29 is 4.79 Å². The van der Waals surface area contributed by atoms with Gasteiger partial charge in [-0.15, -0.1) is 0 Å². The number of rotatable bonds is 3. The number of carbonyl (C=O) groups is 1. The average Bonchev–Trinajstić information content (AvgIpc) is 2.41. The number of carbonyl (C=O) groups excluding carboxylic acids is 1. The minimum atomic E-state index is -0.252. The van der Waals surface area contributed by atoms with Crippen molar-refractivity contribution in [3.8, 4) is 0 Å². The van der Waals surface area contributed by atoms with Crippen molar-refractivity contribution in [3.63, 3.8) is 0 Å². The van der Waals surface area contributed by atoms with Crippen LogP contribution in [-0.2, 0) is 0 Å². The second kappa shape index (κ2) is 6.13. The molecule has 1 aromatic rings. The molecule has 0 radical (unpaired) electrons. The summed E-state index contributed by atoms with van der Waals surface area (Å²) in [5, 5.41) is 4.01. The lowest BCUT2D eigenvalue weighted by Gasteiger charge is -2.16. The van der Waals surface area contributed by atoms with Gasteiger partial charge in [0, 0.05) is 12.4 Å². The van der Waals surface area contributed by atoms with Gasteiger partial charge in [-0.3, -0.25) is 9.78 Å². The lowest BCUT2D eigenvalue weighted by Crippen LogP contribution is -2.20. The van der Waals surface area contributed by atoms with Crippen molar-refractivity contribution in [2.75, 3.05) is 0 Å². The molecule has 1 fully saturated rings. The van der Waals surface area contributed by atoms with Crippen molar-refractivity contribution >= 4 is 12.1 Å². The van der Waals surface area contributed by atoms with E-state index in [9.17, 15) is 4.79 Å². The van der Waals surface area contributed by atoms with E-state index in [-0.39, 0.29) is 5.91 Å². The van der Waals surface area contributed by atoms with Gasteiger partial charge in [0.1, 0.15) is 5.69 Å². The maximum Gasteiger partial charge on any atom is 0.289 e. The zero-order chi connectivity index (χ0) is 11.9. The van der Waals surface area contributed by atoms with E-state index >= 15 is 0 Å². The lowest BCUT2D eigenvalue weighted by atomic mass is 9.90. The zero-order valence-electron chi connectivity index (χ0n) is 9.80. The molecule has 0 atom stereocenters. The molecule has 0 saturated heterocycles. The van der Waals surface area contributed by atoms with Crippen LogP contribution in [0.15, 0.2) is 29.5 Å². The predicted octanol–water partition coefficient (Wildman–Crippen LogP) is 2.38. The molecule has 90 valence electrons. The van der Waals surface area contributed by atoms with Crippen molar-refractivity contribution in [2.45, 2.75) is 32.1 Å². The molecule has 1 N–H and O–H groups in total. The molecular weight excluding hydrogens is 214 g/mol. The normalized spacial score (nSPS) is 17.2. The highest BCUT2D eigenvalue weighted by Gasteiger charge is 2.11. The molecule has 4 nitrogen and oxygen atoms in total. The van der Waals surface area contributed by atoms with Gasteiger partial charge in [0.15, 0.2) is 0 Å². The molecule has 2 rings (SSSR count). The second-order valence-electron chi connectivity index (χ2n) is 4.33. The monoisotopic (exact) mass is 231 g/mol. The molecular formula is C13H17N3O. The third-order valence-corrected chi connectivity index (χ3v) is 3.00. The van der Waals surface area contributed by atoms with Crippen molar-refractivity contribution in [3.05, 3.63) is 30.1 Å². The van der Waals surface area contributed by atoms with Gasteiger partial charge >= 0.3 is 0 Å². The van der Waals surface area contributed by atoms with Crippen LogP contribution in [0.1, 0.15) is 42.6 Å². The fourth-order valence-corrected chi connectivity index (χ4v) is 2.04. The fraction of sp³-hybridized carbons (Fsp3) is 0.462. The van der Waals surface area contributed by atoms with E-state index < -0.39 is 0 Å². The van der Waals surface area contributed by atoms with Crippen molar-refractivity contribution in [1.82, 2.24) is 10.4 Å². The van der Waals surface area contributed by atoms with Crippen molar-refractivity contribution in [1.29, 1.82) is 0 Å². The topological polar surface area (TPSA) is 54.4 Å². The van der Waals surface area contributed by atoms with Gasteiger partial charge in [-0.1, -0.05) is 25.3 Å². The number of pyridine rings is 1. The summed E-state index contributed by atoms with van der Waals surface area (Å²) in [7, 11) is 0. The quantitative estimate of drug-likeness (QED) is 0.641. The summed E-state index contributed by atoms with van der Waals surface area (Å²) >= 11 is 0. The molecule has 0 spiro atoms. The van der Waals surface area contributed by atoms with Crippen LogP contribution in [0.3, 0.4) is 0 Å². The van der Waals surface area contributed by atoms with Crippen LogP contribution < -0.4 is 5.43 Å². The average molecular weight is 231 g/mol. The maximum atomic E-state index is 11.6. The van der Waals surface area contributed by atoms with Gasteiger partial charge in [-0.05, 0) is 30.9 Å². The first kappa shape index (κ1) is 11.8. The standard InChI is InChI=1S/C13H17N3O/c17-13(12-8-4-5-9-14-12)16-15-10-11-6-2-1-3-7-11/h4-5,8-11H,1-3,6-7H2,(H,16,17). The second-order valence-corrected chi connectivity index (χ2v) is 4.33. The van der Waals surface area contributed by atoms with Crippen LogP contribution in [0.25, 0.3) is 0 Å². The summed E-state index contributed by atoms with van der Waals surface area (Å²) in [6.45, 7) is 0. The summed E-state index contributed by atoms with van der Waals surface area (Å²) in [6.07, 6.45) is 9.69. The number of hydrogen-bond donors (Lipinski definition) is 1. The molecule has 0 aromatic carbocycles. The van der Waals surface area contributed by atoms with Crippen LogP contribution in [0.4, 0.5) is 0 Å². The van der Waals surface area contributed by atoms with Gasteiger partial charge in [-0.25, -0.2) is 5.43 Å². The number of nitrogens with one attached hydrogen (secondary N) is 1. The highest BCUT2D eigenvalue weighted by molar-refractivity contribution is 5.92. The molecule has 1 heterocycles. The van der Waals surface area contributed by atoms with Crippen LogP contribution in [0.2, 0.25) is 0 Å². The number of nitrogens with zero attached hydrogens (tertiary/aromatic N) is 2. The highest BCUT2D eigenvalue weighted by atomic mass is 16.2. The summed E-state index contributed by atoms with van der Waals surface area (Å²) < 4.78 is 0. The largest absolute Gasteiger partial charge is 0.289 e. The first-order valence-electron chi connectivity index (χ1n) is 6.11. The minimum Gasteiger partial charge on any atom is -0.266 e. The third kappa shape index (κ3) is 3.66. The molecule has 1 aliphatic rings. The van der Waals surface area contributed by atoms with Crippen LogP contribution in [0, 0.1) is 5.92 Å². The summed E-state index contributed by atoms with van der Waals surface area (Å²) in [5.74, 6) is 0.269. The molecule has 1 aliphatic carbocycles. The predicted molar refractivity (Wildman–Crippen MR) is 66.8 cm³/mol. The molecule has 0 unspecified atom stereocenters. The number of amides is 1. The van der Waals surface area contributed by atoms with Gasteiger partial charge in [-0.2, -0.15) is 5.10 Å². The molecule has 0 aliphatic heterocycles. The maximum absolute atomic E-state index is 11.6. The van der Waals surface area contributed by atoms with Crippen LogP contribution in [0.5, 0.6) is 0 Å². The van der Waals surface area contributed by atoms with E-state index in [1.54, 1.807) is 24.4 Å². The smallest absolute Gasteiger partial charge is 0.266 e. The van der Waals surface area contributed by atoms with Crippen molar-refractivity contribution in [2.24, 2.45) is 11.0 Å².